The lowest BCUT2D eigenvalue weighted by Gasteiger charge is -2.24. The number of rotatable bonds is 4. The van der Waals surface area contributed by atoms with E-state index in [2.05, 4.69) is 62.2 Å². The van der Waals surface area contributed by atoms with Crippen LogP contribution in [0, 0.1) is 6.92 Å². The molecule has 2 heterocycles. The molecule has 1 aliphatic heterocycles. The van der Waals surface area contributed by atoms with Gasteiger partial charge in [-0.2, -0.15) is 0 Å². The molecule has 144 valence electrons. The maximum atomic E-state index is 11.9. The first-order valence-electron chi connectivity index (χ1n) is 9.88. The number of hydrogen-bond donors (Lipinski definition) is 1. The van der Waals surface area contributed by atoms with E-state index in [4.69, 9.17) is 0 Å². The fraction of sp³-hybridized carbons (Fsp3) is 0.304. The molecule has 0 atom stereocenters. The van der Waals surface area contributed by atoms with E-state index in [0.29, 0.717) is 5.82 Å². The third-order valence-corrected chi connectivity index (χ3v) is 5.25. The van der Waals surface area contributed by atoms with Crippen molar-refractivity contribution in [3.8, 4) is 11.4 Å². The van der Waals surface area contributed by atoms with E-state index < -0.39 is 0 Å². The maximum absolute atomic E-state index is 11.9. The highest BCUT2D eigenvalue weighted by molar-refractivity contribution is 5.60. The largest absolute Gasteiger partial charge is 0.370 e. The minimum absolute atomic E-state index is 0.106. The zero-order valence-corrected chi connectivity index (χ0v) is 16.3. The zero-order chi connectivity index (χ0) is 19.3. The van der Waals surface area contributed by atoms with Gasteiger partial charge in [0.25, 0.3) is 5.56 Å². The molecule has 28 heavy (non-hydrogen) atoms. The Morgan fingerprint density at radius 2 is 1.75 bits per heavy atom. The van der Waals surface area contributed by atoms with Crippen molar-refractivity contribution in [3.05, 3.63) is 82.3 Å². The van der Waals surface area contributed by atoms with E-state index in [1.54, 1.807) is 0 Å². The highest BCUT2D eigenvalue weighted by atomic mass is 16.1. The van der Waals surface area contributed by atoms with Crippen LogP contribution in [0.4, 0.5) is 5.69 Å². The van der Waals surface area contributed by atoms with Crippen LogP contribution >= 0.6 is 0 Å². The topological polar surface area (TPSA) is 52.2 Å². The SMILES string of the molecule is Cc1cc(=O)[nH]c(-c2ccccc2CN2CCCN(c3ccccc3)CC2)n1. The molecular weight excluding hydrogens is 348 g/mol. The summed E-state index contributed by atoms with van der Waals surface area (Å²) in [5.41, 5.74) is 4.13. The van der Waals surface area contributed by atoms with Gasteiger partial charge in [-0.25, -0.2) is 4.98 Å². The van der Waals surface area contributed by atoms with Crippen LogP contribution in [0.1, 0.15) is 17.7 Å². The second kappa shape index (κ2) is 8.40. The van der Waals surface area contributed by atoms with Crippen LogP contribution in [-0.4, -0.2) is 41.0 Å². The van der Waals surface area contributed by atoms with Gasteiger partial charge < -0.3 is 9.88 Å². The van der Waals surface area contributed by atoms with Gasteiger partial charge in [-0.05, 0) is 31.0 Å². The monoisotopic (exact) mass is 374 g/mol. The average Bonchev–Trinajstić information content (AvgIpc) is 2.94. The molecule has 4 rings (SSSR count). The Balaban J connectivity index is 1.51. The maximum Gasteiger partial charge on any atom is 0.251 e. The van der Waals surface area contributed by atoms with Gasteiger partial charge in [-0.15, -0.1) is 0 Å². The number of hydrogen-bond acceptors (Lipinski definition) is 4. The first kappa shape index (κ1) is 18.4. The summed E-state index contributed by atoms with van der Waals surface area (Å²) in [4.78, 5) is 24.3. The van der Waals surface area contributed by atoms with Crippen LogP contribution in [0.5, 0.6) is 0 Å². The lowest BCUT2D eigenvalue weighted by atomic mass is 10.1. The van der Waals surface area contributed by atoms with Crippen molar-refractivity contribution in [2.45, 2.75) is 19.9 Å². The van der Waals surface area contributed by atoms with E-state index in [9.17, 15) is 4.79 Å². The molecular formula is C23H26N4O. The molecule has 5 nitrogen and oxygen atoms in total. The van der Waals surface area contributed by atoms with Crippen LogP contribution in [0.15, 0.2) is 65.5 Å². The van der Waals surface area contributed by atoms with Crippen LogP contribution in [0.3, 0.4) is 0 Å². The Morgan fingerprint density at radius 3 is 2.57 bits per heavy atom. The molecule has 0 amide bonds. The Kier molecular flexibility index (Phi) is 5.53. The third kappa shape index (κ3) is 4.31. The molecule has 2 aromatic carbocycles. The fourth-order valence-corrected chi connectivity index (χ4v) is 3.86. The second-order valence-corrected chi connectivity index (χ2v) is 7.34. The van der Waals surface area contributed by atoms with Crippen LogP contribution in [0.25, 0.3) is 11.4 Å². The van der Waals surface area contributed by atoms with Gasteiger partial charge in [0.15, 0.2) is 0 Å². The Labute approximate surface area is 165 Å². The first-order valence-corrected chi connectivity index (χ1v) is 9.88. The van der Waals surface area contributed by atoms with Gasteiger partial charge in [-0.1, -0.05) is 42.5 Å². The predicted octanol–water partition coefficient (Wildman–Crippen LogP) is 3.46. The summed E-state index contributed by atoms with van der Waals surface area (Å²) in [6.07, 6.45) is 1.14. The second-order valence-electron chi connectivity index (χ2n) is 7.34. The lowest BCUT2D eigenvalue weighted by Crippen LogP contribution is -2.30. The molecule has 0 spiro atoms. The molecule has 5 heteroatoms. The van der Waals surface area contributed by atoms with Crippen molar-refractivity contribution in [2.75, 3.05) is 31.1 Å². The summed E-state index contributed by atoms with van der Waals surface area (Å²) in [6, 6.07) is 20.4. The zero-order valence-electron chi connectivity index (χ0n) is 16.3. The molecule has 0 saturated carbocycles. The number of aromatic amines is 1. The third-order valence-electron chi connectivity index (χ3n) is 5.25. The number of nitrogens with zero attached hydrogens (tertiary/aromatic N) is 3. The summed E-state index contributed by atoms with van der Waals surface area (Å²) >= 11 is 0. The minimum atomic E-state index is -0.106. The molecule has 0 aliphatic carbocycles. The lowest BCUT2D eigenvalue weighted by molar-refractivity contribution is 0.286. The highest BCUT2D eigenvalue weighted by Gasteiger charge is 2.17. The average molecular weight is 374 g/mol. The number of para-hydroxylation sites is 1. The summed E-state index contributed by atoms with van der Waals surface area (Å²) in [5.74, 6) is 0.654. The first-order chi connectivity index (χ1) is 13.7. The van der Waals surface area contributed by atoms with Crippen LogP contribution < -0.4 is 10.5 Å². The minimum Gasteiger partial charge on any atom is -0.370 e. The van der Waals surface area contributed by atoms with E-state index in [0.717, 1.165) is 50.4 Å². The number of H-pyrrole nitrogens is 1. The van der Waals surface area contributed by atoms with Crippen molar-refractivity contribution in [1.29, 1.82) is 0 Å². The number of nitrogens with one attached hydrogen (secondary N) is 1. The molecule has 0 unspecified atom stereocenters. The van der Waals surface area contributed by atoms with Gasteiger partial charge in [0.2, 0.25) is 0 Å². The summed E-state index contributed by atoms with van der Waals surface area (Å²) in [6.45, 7) is 6.89. The normalized spacial score (nSPS) is 15.4. The molecule has 1 aromatic heterocycles. The Morgan fingerprint density at radius 1 is 0.964 bits per heavy atom. The molecule has 1 fully saturated rings. The van der Waals surface area contributed by atoms with Crippen molar-refractivity contribution in [2.24, 2.45) is 0 Å². The Hall–Kier alpha value is -2.92. The number of aromatic nitrogens is 2. The van der Waals surface area contributed by atoms with Gasteiger partial charge in [-0.3, -0.25) is 9.69 Å². The van der Waals surface area contributed by atoms with Crippen molar-refractivity contribution < 1.29 is 0 Å². The quantitative estimate of drug-likeness (QED) is 0.760. The van der Waals surface area contributed by atoms with Gasteiger partial charge in [0.1, 0.15) is 5.82 Å². The van der Waals surface area contributed by atoms with E-state index in [1.807, 2.05) is 19.1 Å². The predicted molar refractivity (Wildman–Crippen MR) is 114 cm³/mol. The molecule has 1 aliphatic rings. The molecule has 0 radical (unpaired) electrons. The van der Waals surface area contributed by atoms with Crippen LogP contribution in [-0.2, 0) is 6.54 Å². The molecule has 0 bridgehead atoms. The number of aryl methyl sites for hydroxylation is 1. The summed E-state index contributed by atoms with van der Waals surface area (Å²) in [5, 5.41) is 0. The van der Waals surface area contributed by atoms with Crippen molar-refractivity contribution >= 4 is 5.69 Å². The van der Waals surface area contributed by atoms with Crippen LogP contribution in [0.2, 0.25) is 0 Å². The molecule has 3 aromatic rings. The number of benzene rings is 2. The fourth-order valence-electron chi connectivity index (χ4n) is 3.86. The molecule has 1 saturated heterocycles. The van der Waals surface area contributed by atoms with Gasteiger partial charge in [0, 0.05) is 55.7 Å². The highest BCUT2D eigenvalue weighted by Crippen LogP contribution is 2.22. The van der Waals surface area contributed by atoms with Crippen molar-refractivity contribution in [1.82, 2.24) is 14.9 Å². The van der Waals surface area contributed by atoms with Crippen molar-refractivity contribution in [3.63, 3.8) is 0 Å². The summed E-state index contributed by atoms with van der Waals surface area (Å²) < 4.78 is 0. The van der Waals surface area contributed by atoms with E-state index in [1.165, 1.54) is 17.3 Å². The Bertz CT molecular complexity index is 983. The summed E-state index contributed by atoms with van der Waals surface area (Å²) in [7, 11) is 0. The standard InChI is InChI=1S/C23H26N4O/c1-18-16-22(28)25-23(24-18)21-11-6-5-8-19(21)17-26-12-7-13-27(15-14-26)20-9-3-2-4-10-20/h2-6,8-11,16H,7,12-15,17H2,1H3,(H,24,25,28). The van der Waals surface area contributed by atoms with E-state index in [-0.39, 0.29) is 5.56 Å². The number of anilines is 1. The van der Waals surface area contributed by atoms with E-state index >= 15 is 0 Å². The van der Waals surface area contributed by atoms with Gasteiger partial charge >= 0.3 is 0 Å². The molecule has 1 N–H and O–H groups in total. The smallest absolute Gasteiger partial charge is 0.251 e. The van der Waals surface area contributed by atoms with Gasteiger partial charge in [0.05, 0.1) is 0 Å².